The minimum absolute atomic E-state index is 0.724. The van der Waals surface area contributed by atoms with Crippen molar-refractivity contribution < 1.29 is 0 Å². The summed E-state index contributed by atoms with van der Waals surface area (Å²) in [6, 6.07) is 7.65. The van der Waals surface area contributed by atoms with Crippen LogP contribution in [0.15, 0.2) is 29.6 Å². The Morgan fingerprint density at radius 2 is 2.07 bits per heavy atom. The third-order valence-electron chi connectivity index (χ3n) is 2.12. The molecule has 0 bridgehead atoms. The molecule has 1 aromatic carbocycles. The molecule has 0 aliphatic carbocycles. The summed E-state index contributed by atoms with van der Waals surface area (Å²) in [6.45, 7) is 2.08. The van der Waals surface area contributed by atoms with Crippen LogP contribution in [0.3, 0.4) is 0 Å². The lowest BCUT2D eigenvalue weighted by atomic mass is 10.1. The lowest BCUT2D eigenvalue weighted by Crippen LogP contribution is -1.88. The quantitative estimate of drug-likeness (QED) is 0.728. The molecular weight excluding hydrogens is 214 g/mol. The molecule has 0 fully saturated rings. The van der Waals surface area contributed by atoms with Crippen molar-refractivity contribution in [1.82, 2.24) is 0 Å². The lowest BCUT2D eigenvalue weighted by molar-refractivity contribution is 1.53. The van der Waals surface area contributed by atoms with E-state index in [0.717, 1.165) is 16.3 Å². The van der Waals surface area contributed by atoms with Crippen molar-refractivity contribution in [3.05, 3.63) is 40.2 Å². The fourth-order valence-corrected chi connectivity index (χ4v) is 2.51. The summed E-state index contributed by atoms with van der Waals surface area (Å²) >= 11 is 7.62. The second-order valence-corrected chi connectivity index (χ2v) is 4.52. The summed E-state index contributed by atoms with van der Waals surface area (Å²) in [5.41, 5.74) is 8.95. The highest BCUT2D eigenvalue weighted by Gasteiger charge is 2.07. The number of anilines is 1. The number of nitrogen functional groups attached to an aromatic ring is 1. The predicted octanol–water partition coefficient (Wildman–Crippen LogP) is 3.96. The highest BCUT2D eigenvalue weighted by Crippen LogP contribution is 2.34. The fourth-order valence-electron chi connectivity index (χ4n) is 1.37. The Labute approximate surface area is 92.1 Å². The molecule has 0 spiro atoms. The second kappa shape index (κ2) is 3.64. The van der Waals surface area contributed by atoms with E-state index in [4.69, 9.17) is 17.3 Å². The van der Waals surface area contributed by atoms with E-state index in [1.54, 1.807) is 11.3 Å². The second-order valence-electron chi connectivity index (χ2n) is 3.16. The Balaban J connectivity index is 2.62. The Bertz CT molecular complexity index is 462. The van der Waals surface area contributed by atoms with Gasteiger partial charge >= 0.3 is 0 Å². The summed E-state index contributed by atoms with van der Waals surface area (Å²) in [6.07, 6.45) is 0. The van der Waals surface area contributed by atoms with Crippen LogP contribution in [0.2, 0.25) is 5.02 Å². The van der Waals surface area contributed by atoms with Crippen LogP contribution in [0, 0.1) is 6.92 Å². The number of hydrogen-bond donors (Lipinski definition) is 1. The standard InChI is InChI=1S/C11H10ClNS/c1-7-4-5-14-11(7)9-6-8(12)2-3-10(9)13/h2-6H,13H2,1H3. The van der Waals surface area contributed by atoms with Crippen LogP contribution in [0.25, 0.3) is 10.4 Å². The molecule has 2 N–H and O–H groups in total. The van der Waals surface area contributed by atoms with Gasteiger partial charge in [0.25, 0.3) is 0 Å². The zero-order chi connectivity index (χ0) is 10.1. The third-order valence-corrected chi connectivity index (χ3v) is 3.41. The maximum absolute atomic E-state index is 5.94. The van der Waals surface area contributed by atoms with Crippen molar-refractivity contribution in [3.63, 3.8) is 0 Å². The number of halogens is 1. The summed E-state index contributed by atoms with van der Waals surface area (Å²) in [5, 5.41) is 2.78. The highest BCUT2D eigenvalue weighted by atomic mass is 35.5. The van der Waals surface area contributed by atoms with E-state index in [1.807, 2.05) is 18.2 Å². The van der Waals surface area contributed by atoms with Gasteiger partial charge in [-0.15, -0.1) is 11.3 Å². The molecule has 0 saturated heterocycles. The minimum Gasteiger partial charge on any atom is -0.398 e. The summed E-state index contributed by atoms with van der Waals surface area (Å²) in [5.74, 6) is 0. The van der Waals surface area contributed by atoms with Crippen LogP contribution >= 0.6 is 22.9 Å². The zero-order valence-electron chi connectivity index (χ0n) is 7.75. The molecule has 3 heteroatoms. The molecule has 0 atom stereocenters. The number of aryl methyl sites for hydroxylation is 1. The van der Waals surface area contributed by atoms with Crippen molar-refractivity contribution in [2.75, 3.05) is 5.73 Å². The first-order chi connectivity index (χ1) is 6.68. The van der Waals surface area contributed by atoms with Gasteiger partial charge in [-0.2, -0.15) is 0 Å². The molecule has 0 radical (unpaired) electrons. The van der Waals surface area contributed by atoms with E-state index in [-0.39, 0.29) is 0 Å². The Kier molecular flexibility index (Phi) is 2.48. The van der Waals surface area contributed by atoms with Crippen LogP contribution in [-0.4, -0.2) is 0 Å². The van der Waals surface area contributed by atoms with Crippen LogP contribution in [0.5, 0.6) is 0 Å². The van der Waals surface area contributed by atoms with Crippen LogP contribution in [-0.2, 0) is 0 Å². The monoisotopic (exact) mass is 223 g/mol. The normalized spacial score (nSPS) is 10.4. The van der Waals surface area contributed by atoms with Gasteiger partial charge in [0.1, 0.15) is 0 Å². The van der Waals surface area contributed by atoms with Gasteiger partial charge in [0.2, 0.25) is 0 Å². The summed E-state index contributed by atoms with van der Waals surface area (Å²) in [7, 11) is 0. The SMILES string of the molecule is Cc1ccsc1-c1cc(Cl)ccc1N. The molecule has 0 amide bonds. The molecular formula is C11H10ClNS. The van der Waals surface area contributed by atoms with E-state index in [1.165, 1.54) is 10.4 Å². The molecule has 2 aromatic rings. The molecule has 1 heterocycles. The van der Waals surface area contributed by atoms with Gasteiger partial charge in [0.15, 0.2) is 0 Å². The summed E-state index contributed by atoms with van der Waals surface area (Å²) in [4.78, 5) is 1.20. The molecule has 72 valence electrons. The average Bonchev–Trinajstić information content (AvgIpc) is 2.56. The first-order valence-electron chi connectivity index (χ1n) is 4.28. The van der Waals surface area contributed by atoms with Crippen molar-refractivity contribution >= 4 is 28.6 Å². The summed E-state index contributed by atoms with van der Waals surface area (Å²) < 4.78 is 0. The smallest absolute Gasteiger partial charge is 0.0413 e. The van der Waals surface area contributed by atoms with Crippen molar-refractivity contribution in [2.45, 2.75) is 6.92 Å². The Morgan fingerprint density at radius 3 is 2.71 bits per heavy atom. The average molecular weight is 224 g/mol. The minimum atomic E-state index is 0.724. The van der Waals surface area contributed by atoms with E-state index in [0.29, 0.717) is 0 Å². The maximum atomic E-state index is 5.94. The van der Waals surface area contributed by atoms with Crippen LogP contribution in [0.4, 0.5) is 5.69 Å². The van der Waals surface area contributed by atoms with Gasteiger partial charge in [0, 0.05) is 21.2 Å². The first-order valence-corrected chi connectivity index (χ1v) is 5.54. The molecule has 2 rings (SSSR count). The Morgan fingerprint density at radius 1 is 1.29 bits per heavy atom. The predicted molar refractivity (Wildman–Crippen MR) is 63.9 cm³/mol. The molecule has 0 saturated carbocycles. The number of rotatable bonds is 1. The van der Waals surface area contributed by atoms with Crippen molar-refractivity contribution in [1.29, 1.82) is 0 Å². The molecule has 1 nitrogen and oxygen atoms in total. The third kappa shape index (κ3) is 1.63. The number of nitrogens with two attached hydrogens (primary N) is 1. The van der Waals surface area contributed by atoms with E-state index in [9.17, 15) is 0 Å². The topological polar surface area (TPSA) is 26.0 Å². The van der Waals surface area contributed by atoms with E-state index < -0.39 is 0 Å². The number of hydrogen-bond acceptors (Lipinski definition) is 2. The number of benzene rings is 1. The van der Waals surface area contributed by atoms with Gasteiger partial charge < -0.3 is 5.73 Å². The molecule has 0 aliphatic rings. The molecule has 14 heavy (non-hydrogen) atoms. The maximum Gasteiger partial charge on any atom is 0.0413 e. The van der Waals surface area contributed by atoms with Crippen LogP contribution < -0.4 is 5.73 Å². The molecule has 0 aliphatic heterocycles. The van der Waals surface area contributed by atoms with Crippen molar-refractivity contribution in [2.24, 2.45) is 0 Å². The van der Waals surface area contributed by atoms with Gasteiger partial charge in [-0.1, -0.05) is 11.6 Å². The lowest BCUT2D eigenvalue weighted by Gasteiger charge is -2.04. The first kappa shape index (κ1) is 9.56. The molecule has 0 unspecified atom stereocenters. The van der Waals surface area contributed by atoms with Crippen LogP contribution in [0.1, 0.15) is 5.56 Å². The number of thiophene rings is 1. The van der Waals surface area contributed by atoms with Gasteiger partial charge in [-0.3, -0.25) is 0 Å². The van der Waals surface area contributed by atoms with E-state index in [2.05, 4.69) is 18.4 Å². The highest BCUT2D eigenvalue weighted by molar-refractivity contribution is 7.13. The van der Waals surface area contributed by atoms with Gasteiger partial charge in [-0.25, -0.2) is 0 Å². The zero-order valence-corrected chi connectivity index (χ0v) is 9.32. The molecule has 1 aromatic heterocycles. The van der Waals surface area contributed by atoms with E-state index >= 15 is 0 Å². The van der Waals surface area contributed by atoms with Gasteiger partial charge in [0.05, 0.1) is 0 Å². The van der Waals surface area contributed by atoms with Gasteiger partial charge in [-0.05, 0) is 42.1 Å². The fraction of sp³-hybridized carbons (Fsp3) is 0.0909. The van der Waals surface area contributed by atoms with Crippen molar-refractivity contribution in [3.8, 4) is 10.4 Å². The largest absolute Gasteiger partial charge is 0.398 e. The Hall–Kier alpha value is -0.990.